The minimum Gasteiger partial charge on any atom is -0.447 e. The van der Waals surface area contributed by atoms with E-state index >= 15 is 0 Å². The molecule has 26 heavy (non-hydrogen) atoms. The van der Waals surface area contributed by atoms with Crippen LogP contribution in [0.1, 0.15) is 5.56 Å². The van der Waals surface area contributed by atoms with Gasteiger partial charge in [0.1, 0.15) is 12.4 Å². The average Bonchev–Trinajstić information content (AvgIpc) is 3.11. The van der Waals surface area contributed by atoms with Gasteiger partial charge in [-0.1, -0.05) is 12.1 Å². The first-order valence-corrected chi connectivity index (χ1v) is 8.60. The van der Waals surface area contributed by atoms with Gasteiger partial charge in [-0.25, -0.2) is 9.78 Å². The molecule has 1 aromatic carbocycles. The number of cyclic esters (lactones) is 1. The monoisotopic (exact) mass is 356 g/mol. The van der Waals surface area contributed by atoms with Gasteiger partial charge >= 0.3 is 6.09 Å². The first-order chi connectivity index (χ1) is 12.7. The number of carbonyl (C=O) groups excluding carboxylic acids is 1. The van der Waals surface area contributed by atoms with Gasteiger partial charge in [0.15, 0.2) is 0 Å². The molecule has 138 valence electrons. The number of benzene rings is 1. The minimum atomic E-state index is -0.292. The summed E-state index contributed by atoms with van der Waals surface area (Å²) in [6.07, 6.45) is 1.58. The lowest BCUT2D eigenvalue weighted by Gasteiger charge is -2.18. The van der Waals surface area contributed by atoms with Crippen molar-refractivity contribution in [2.45, 2.75) is 6.54 Å². The fourth-order valence-electron chi connectivity index (χ4n) is 2.71. The fourth-order valence-corrected chi connectivity index (χ4v) is 2.71. The predicted octanol–water partition coefficient (Wildman–Crippen LogP) is 2.73. The maximum atomic E-state index is 11.7. The summed E-state index contributed by atoms with van der Waals surface area (Å²) in [4.78, 5) is 19.9. The molecule has 1 aliphatic heterocycles. The van der Waals surface area contributed by atoms with Crippen LogP contribution < -0.4 is 15.1 Å². The van der Waals surface area contributed by atoms with E-state index in [1.165, 1.54) is 0 Å². The Balaban J connectivity index is 1.58. The van der Waals surface area contributed by atoms with Crippen LogP contribution in [0.25, 0.3) is 0 Å². The van der Waals surface area contributed by atoms with Crippen LogP contribution >= 0.6 is 0 Å². The van der Waals surface area contributed by atoms with Crippen molar-refractivity contribution in [1.29, 1.82) is 0 Å². The van der Waals surface area contributed by atoms with Crippen LogP contribution in [0.15, 0.2) is 42.6 Å². The van der Waals surface area contributed by atoms with E-state index in [0.29, 0.717) is 26.3 Å². The molecular weight excluding hydrogens is 332 g/mol. The zero-order valence-electron chi connectivity index (χ0n) is 15.1. The van der Waals surface area contributed by atoms with Gasteiger partial charge in [-0.15, -0.1) is 0 Å². The summed E-state index contributed by atoms with van der Waals surface area (Å²) in [6, 6.07) is 11.8. The molecule has 2 aromatic rings. The summed E-state index contributed by atoms with van der Waals surface area (Å²) in [5.41, 5.74) is 2.87. The SMILES string of the molecule is COCCN(C)c1ccc(CNc2cccc(N3CCOC3=O)c2)cn1. The number of aromatic nitrogens is 1. The second-order valence-electron chi connectivity index (χ2n) is 6.11. The van der Waals surface area contributed by atoms with Gasteiger partial charge in [0.05, 0.1) is 13.2 Å². The Morgan fingerprint density at radius 2 is 2.23 bits per heavy atom. The average molecular weight is 356 g/mol. The first kappa shape index (κ1) is 18.0. The van der Waals surface area contributed by atoms with E-state index in [0.717, 1.165) is 29.3 Å². The summed E-state index contributed by atoms with van der Waals surface area (Å²) in [5, 5.41) is 3.37. The van der Waals surface area contributed by atoms with Gasteiger partial charge in [-0.05, 0) is 29.8 Å². The van der Waals surface area contributed by atoms with Gasteiger partial charge in [0.25, 0.3) is 0 Å². The highest BCUT2D eigenvalue weighted by Gasteiger charge is 2.23. The number of rotatable bonds is 8. The number of nitrogens with one attached hydrogen (secondary N) is 1. The van der Waals surface area contributed by atoms with Crippen LogP contribution in [0.3, 0.4) is 0 Å². The topological polar surface area (TPSA) is 66.9 Å². The van der Waals surface area contributed by atoms with Crippen molar-refractivity contribution in [2.75, 3.05) is 55.6 Å². The van der Waals surface area contributed by atoms with Gasteiger partial charge in [-0.3, -0.25) is 4.90 Å². The third-order valence-corrected chi connectivity index (χ3v) is 4.25. The Kier molecular flexibility index (Phi) is 5.91. The number of amides is 1. The highest BCUT2D eigenvalue weighted by Crippen LogP contribution is 2.23. The Morgan fingerprint density at radius 1 is 1.35 bits per heavy atom. The van der Waals surface area contributed by atoms with Crippen molar-refractivity contribution in [1.82, 2.24) is 4.98 Å². The summed E-state index contributed by atoms with van der Waals surface area (Å²) in [6.45, 7) is 3.15. The molecule has 7 nitrogen and oxygen atoms in total. The lowest BCUT2D eigenvalue weighted by Crippen LogP contribution is -2.23. The number of nitrogens with zero attached hydrogens (tertiary/aromatic N) is 3. The van der Waals surface area contributed by atoms with Gasteiger partial charge < -0.3 is 19.7 Å². The minimum absolute atomic E-state index is 0.292. The third-order valence-electron chi connectivity index (χ3n) is 4.25. The number of pyridine rings is 1. The molecule has 1 saturated heterocycles. The summed E-state index contributed by atoms with van der Waals surface area (Å²) in [7, 11) is 3.69. The summed E-state index contributed by atoms with van der Waals surface area (Å²) >= 11 is 0. The lowest BCUT2D eigenvalue weighted by molar-refractivity contribution is 0.181. The molecule has 1 N–H and O–H groups in total. The van der Waals surface area contributed by atoms with E-state index in [1.807, 2.05) is 43.6 Å². The largest absolute Gasteiger partial charge is 0.447 e. The highest BCUT2D eigenvalue weighted by molar-refractivity contribution is 5.89. The maximum absolute atomic E-state index is 11.7. The van der Waals surface area contributed by atoms with E-state index in [2.05, 4.69) is 21.3 Å². The number of methoxy groups -OCH3 is 1. The lowest BCUT2D eigenvalue weighted by atomic mass is 10.2. The highest BCUT2D eigenvalue weighted by atomic mass is 16.6. The molecule has 1 fully saturated rings. The van der Waals surface area contributed by atoms with E-state index in [9.17, 15) is 4.79 Å². The molecule has 0 unspecified atom stereocenters. The van der Waals surface area contributed by atoms with Gasteiger partial charge in [-0.2, -0.15) is 0 Å². The van der Waals surface area contributed by atoms with Crippen molar-refractivity contribution in [3.05, 3.63) is 48.2 Å². The van der Waals surface area contributed by atoms with Crippen molar-refractivity contribution < 1.29 is 14.3 Å². The molecule has 0 saturated carbocycles. The first-order valence-electron chi connectivity index (χ1n) is 8.60. The fraction of sp³-hybridized carbons (Fsp3) is 0.368. The van der Waals surface area contributed by atoms with Crippen LogP contribution in [0, 0.1) is 0 Å². The molecule has 0 bridgehead atoms. The number of hydrogen-bond acceptors (Lipinski definition) is 6. The quantitative estimate of drug-likeness (QED) is 0.784. The molecule has 1 amide bonds. The number of hydrogen-bond donors (Lipinski definition) is 1. The molecule has 0 radical (unpaired) electrons. The predicted molar refractivity (Wildman–Crippen MR) is 102 cm³/mol. The zero-order valence-corrected chi connectivity index (χ0v) is 15.1. The van der Waals surface area contributed by atoms with E-state index in [-0.39, 0.29) is 6.09 Å². The Bertz CT molecular complexity index is 736. The van der Waals surface area contributed by atoms with Gasteiger partial charge in [0.2, 0.25) is 0 Å². The van der Waals surface area contributed by atoms with E-state index in [1.54, 1.807) is 12.0 Å². The maximum Gasteiger partial charge on any atom is 0.414 e. The van der Waals surface area contributed by atoms with Crippen LogP contribution in [0.5, 0.6) is 0 Å². The van der Waals surface area contributed by atoms with Crippen LogP contribution in [0.2, 0.25) is 0 Å². The molecule has 0 atom stereocenters. The molecular formula is C19H24N4O3. The smallest absolute Gasteiger partial charge is 0.414 e. The molecule has 7 heteroatoms. The number of likely N-dealkylation sites (N-methyl/N-ethyl adjacent to an activating group) is 1. The Labute approximate surface area is 153 Å². The standard InChI is InChI=1S/C19H24N4O3/c1-22(8-10-25-2)18-7-6-15(14-21-18)13-20-16-4-3-5-17(12-16)23-9-11-26-19(23)24/h3-7,12,14,20H,8-11,13H2,1-2H3. The molecule has 0 aliphatic carbocycles. The van der Waals surface area contributed by atoms with Crippen LogP contribution in [-0.2, 0) is 16.0 Å². The normalized spacial score (nSPS) is 13.6. The van der Waals surface area contributed by atoms with Crippen molar-refractivity contribution in [3.63, 3.8) is 0 Å². The third kappa shape index (κ3) is 4.43. The van der Waals surface area contributed by atoms with Gasteiger partial charge in [0, 0.05) is 44.8 Å². The second-order valence-corrected chi connectivity index (χ2v) is 6.11. The molecule has 3 rings (SSSR count). The van der Waals surface area contributed by atoms with Crippen LogP contribution in [0.4, 0.5) is 22.0 Å². The van der Waals surface area contributed by atoms with E-state index < -0.39 is 0 Å². The van der Waals surface area contributed by atoms with Crippen molar-refractivity contribution in [3.8, 4) is 0 Å². The number of ether oxygens (including phenoxy) is 2. The second kappa shape index (κ2) is 8.53. The summed E-state index contributed by atoms with van der Waals surface area (Å²) < 4.78 is 10.1. The molecule has 1 aromatic heterocycles. The van der Waals surface area contributed by atoms with Crippen LogP contribution in [-0.4, -0.2) is 51.5 Å². The number of anilines is 3. The Morgan fingerprint density at radius 3 is 2.92 bits per heavy atom. The Hall–Kier alpha value is -2.80. The zero-order chi connectivity index (χ0) is 18.4. The molecule has 0 spiro atoms. The molecule has 2 heterocycles. The number of carbonyl (C=O) groups is 1. The van der Waals surface area contributed by atoms with E-state index in [4.69, 9.17) is 9.47 Å². The summed E-state index contributed by atoms with van der Waals surface area (Å²) in [5.74, 6) is 0.917. The molecule has 1 aliphatic rings. The van der Waals surface area contributed by atoms with Crippen molar-refractivity contribution >= 4 is 23.3 Å². The van der Waals surface area contributed by atoms with Crippen molar-refractivity contribution in [2.24, 2.45) is 0 Å².